The van der Waals surface area contributed by atoms with Gasteiger partial charge in [-0.15, -0.1) is 0 Å². The first kappa shape index (κ1) is 17.9. The fraction of sp³-hybridized carbons (Fsp3) is 0.667. The molecule has 0 aliphatic carbocycles. The van der Waals surface area contributed by atoms with E-state index in [4.69, 9.17) is 10.2 Å². The molecule has 0 aromatic rings. The van der Waals surface area contributed by atoms with E-state index in [-0.39, 0.29) is 26.0 Å². The van der Waals surface area contributed by atoms with E-state index in [1.807, 2.05) is 0 Å². The summed E-state index contributed by atoms with van der Waals surface area (Å²) in [6.07, 6.45) is -0.857. The molecule has 0 saturated carbocycles. The molecule has 1 amide bonds. The van der Waals surface area contributed by atoms with Crippen LogP contribution in [0.1, 0.15) is 33.1 Å². The van der Waals surface area contributed by atoms with E-state index >= 15 is 0 Å². The van der Waals surface area contributed by atoms with Crippen LogP contribution in [0.5, 0.6) is 0 Å². The van der Waals surface area contributed by atoms with Crippen LogP contribution in [-0.2, 0) is 23.9 Å². The predicted molar refractivity (Wildman–Crippen MR) is 66.9 cm³/mol. The summed E-state index contributed by atoms with van der Waals surface area (Å²) in [6.45, 7) is 2.77. The highest BCUT2D eigenvalue weighted by Gasteiger charge is 2.36. The summed E-state index contributed by atoms with van der Waals surface area (Å²) in [6, 6.07) is 0. The number of carbonyl (C=O) groups is 4. The number of hydrogen-bond donors (Lipinski definition) is 3. The molecule has 0 aliphatic rings. The number of rotatable bonds is 9. The molecule has 8 heteroatoms. The van der Waals surface area contributed by atoms with Crippen LogP contribution >= 0.6 is 0 Å². The Labute approximate surface area is 116 Å². The van der Waals surface area contributed by atoms with Gasteiger partial charge in [0.2, 0.25) is 5.91 Å². The molecule has 0 spiro atoms. The molecule has 1 atom stereocenters. The second-order valence-corrected chi connectivity index (χ2v) is 4.52. The van der Waals surface area contributed by atoms with E-state index in [1.54, 1.807) is 6.92 Å². The van der Waals surface area contributed by atoms with Crippen molar-refractivity contribution < 1.29 is 34.1 Å². The Balaban J connectivity index is 4.28. The van der Waals surface area contributed by atoms with Crippen molar-refractivity contribution in [3.63, 3.8) is 0 Å². The molecule has 0 bridgehead atoms. The van der Waals surface area contributed by atoms with Gasteiger partial charge in [0.1, 0.15) is 0 Å². The number of hydrogen-bond acceptors (Lipinski definition) is 5. The van der Waals surface area contributed by atoms with Crippen LogP contribution in [0.15, 0.2) is 0 Å². The minimum absolute atomic E-state index is 0.109. The van der Waals surface area contributed by atoms with Crippen LogP contribution in [0, 0.1) is 5.41 Å². The van der Waals surface area contributed by atoms with E-state index in [9.17, 15) is 19.2 Å². The van der Waals surface area contributed by atoms with Gasteiger partial charge in [0.05, 0.1) is 24.9 Å². The average Bonchev–Trinajstić information content (AvgIpc) is 2.33. The minimum Gasteiger partial charge on any atom is -0.481 e. The van der Waals surface area contributed by atoms with Crippen LogP contribution in [-0.4, -0.2) is 47.2 Å². The second-order valence-electron chi connectivity index (χ2n) is 4.52. The highest BCUT2D eigenvalue weighted by Crippen LogP contribution is 2.20. The quantitative estimate of drug-likeness (QED) is 0.510. The van der Waals surface area contributed by atoms with Gasteiger partial charge < -0.3 is 20.3 Å². The zero-order valence-corrected chi connectivity index (χ0v) is 11.5. The lowest BCUT2D eigenvalue weighted by atomic mass is 9.87. The molecule has 114 valence electrons. The molecule has 0 rings (SSSR count). The van der Waals surface area contributed by atoms with Crippen molar-refractivity contribution in [2.24, 2.45) is 5.41 Å². The van der Waals surface area contributed by atoms with Gasteiger partial charge >= 0.3 is 17.9 Å². The molecule has 0 aliphatic heterocycles. The Morgan fingerprint density at radius 3 is 2.20 bits per heavy atom. The van der Waals surface area contributed by atoms with Crippen molar-refractivity contribution in [1.29, 1.82) is 0 Å². The van der Waals surface area contributed by atoms with E-state index in [1.165, 1.54) is 6.92 Å². The summed E-state index contributed by atoms with van der Waals surface area (Å²) >= 11 is 0. The highest BCUT2D eigenvalue weighted by molar-refractivity contribution is 5.84. The van der Waals surface area contributed by atoms with Gasteiger partial charge in [-0.2, -0.15) is 0 Å². The van der Waals surface area contributed by atoms with Gasteiger partial charge in [-0.05, 0) is 13.8 Å². The largest absolute Gasteiger partial charge is 0.481 e. The topological polar surface area (TPSA) is 130 Å². The number of carboxylic acid groups (broad SMARTS) is 2. The van der Waals surface area contributed by atoms with Crippen molar-refractivity contribution in [3.05, 3.63) is 0 Å². The summed E-state index contributed by atoms with van der Waals surface area (Å²) in [5.41, 5.74) is -1.59. The number of carboxylic acids is 2. The lowest BCUT2D eigenvalue weighted by Crippen LogP contribution is -2.42. The monoisotopic (exact) mass is 289 g/mol. The van der Waals surface area contributed by atoms with Crippen molar-refractivity contribution >= 4 is 23.8 Å². The Morgan fingerprint density at radius 2 is 1.75 bits per heavy atom. The summed E-state index contributed by atoms with van der Waals surface area (Å²) in [5, 5.41) is 20.0. The van der Waals surface area contributed by atoms with E-state index in [2.05, 4.69) is 10.1 Å². The summed E-state index contributed by atoms with van der Waals surface area (Å²) < 4.78 is 4.64. The molecule has 0 radical (unpaired) electrons. The predicted octanol–water partition coefficient (Wildman–Crippen LogP) is 0.0115. The normalized spacial score (nSPS) is 13.1. The first-order chi connectivity index (χ1) is 9.21. The lowest BCUT2D eigenvalue weighted by Gasteiger charge is -2.22. The molecule has 0 heterocycles. The van der Waals surface area contributed by atoms with Gasteiger partial charge in [-0.25, -0.2) is 0 Å². The Hall–Kier alpha value is -2.12. The third-order valence-electron chi connectivity index (χ3n) is 2.59. The molecule has 20 heavy (non-hydrogen) atoms. The van der Waals surface area contributed by atoms with Crippen molar-refractivity contribution in [1.82, 2.24) is 5.32 Å². The number of esters is 1. The first-order valence-electron chi connectivity index (χ1n) is 6.08. The maximum absolute atomic E-state index is 11.4. The van der Waals surface area contributed by atoms with Gasteiger partial charge in [-0.3, -0.25) is 19.2 Å². The van der Waals surface area contributed by atoms with Crippen LogP contribution in [0.4, 0.5) is 0 Å². The van der Waals surface area contributed by atoms with Crippen molar-refractivity contribution in [2.45, 2.75) is 33.1 Å². The molecule has 1 unspecified atom stereocenters. The molecule has 0 fully saturated rings. The molecular formula is C12H19NO7. The Kier molecular flexibility index (Phi) is 7.27. The van der Waals surface area contributed by atoms with Gasteiger partial charge in [0, 0.05) is 13.0 Å². The van der Waals surface area contributed by atoms with Gasteiger partial charge in [-0.1, -0.05) is 0 Å². The maximum atomic E-state index is 11.4. The third-order valence-corrected chi connectivity index (χ3v) is 2.59. The van der Waals surface area contributed by atoms with Gasteiger partial charge in [0.25, 0.3) is 0 Å². The fourth-order valence-electron chi connectivity index (χ4n) is 1.38. The smallest absolute Gasteiger partial charge is 0.311 e. The maximum Gasteiger partial charge on any atom is 0.311 e. The standard InChI is InChI=1S/C12H19NO7/c1-3-20-10(17)5-4-8(14)13-7-12(2,11(18)19)6-9(15)16/h3-7H2,1-2H3,(H,13,14)(H,15,16)(H,18,19). The number of aliphatic carboxylic acids is 2. The first-order valence-corrected chi connectivity index (χ1v) is 6.08. The van der Waals surface area contributed by atoms with E-state index in [0.717, 1.165) is 0 Å². The Morgan fingerprint density at radius 1 is 1.15 bits per heavy atom. The van der Waals surface area contributed by atoms with Crippen molar-refractivity contribution in [2.75, 3.05) is 13.2 Å². The van der Waals surface area contributed by atoms with Crippen LogP contribution in [0.2, 0.25) is 0 Å². The third kappa shape index (κ3) is 6.72. The molecule has 3 N–H and O–H groups in total. The number of ether oxygens (including phenoxy) is 1. The molecule has 0 aromatic carbocycles. The van der Waals surface area contributed by atoms with Crippen LogP contribution in [0.3, 0.4) is 0 Å². The number of amides is 1. The van der Waals surface area contributed by atoms with E-state index in [0.29, 0.717) is 0 Å². The molecule has 8 nitrogen and oxygen atoms in total. The molecule has 0 aromatic heterocycles. The van der Waals surface area contributed by atoms with Gasteiger partial charge in [0.15, 0.2) is 0 Å². The number of carbonyl (C=O) groups excluding carboxylic acids is 2. The highest BCUT2D eigenvalue weighted by atomic mass is 16.5. The summed E-state index contributed by atoms with van der Waals surface area (Å²) in [7, 11) is 0. The lowest BCUT2D eigenvalue weighted by molar-refractivity contribution is -0.154. The molecule has 0 saturated heterocycles. The molecular weight excluding hydrogens is 270 g/mol. The van der Waals surface area contributed by atoms with Crippen molar-refractivity contribution in [3.8, 4) is 0 Å². The second kappa shape index (κ2) is 8.13. The fourth-order valence-corrected chi connectivity index (χ4v) is 1.38. The average molecular weight is 289 g/mol. The summed E-state index contributed by atoms with van der Waals surface area (Å²) in [5.74, 6) is -3.63. The minimum atomic E-state index is -1.59. The van der Waals surface area contributed by atoms with E-state index < -0.39 is 35.7 Å². The SMILES string of the molecule is CCOC(=O)CCC(=O)NCC(C)(CC(=O)O)C(=O)O. The van der Waals surface area contributed by atoms with Crippen LogP contribution < -0.4 is 5.32 Å². The van der Waals surface area contributed by atoms with Crippen LogP contribution in [0.25, 0.3) is 0 Å². The number of nitrogens with one attached hydrogen (secondary N) is 1. The zero-order valence-electron chi connectivity index (χ0n) is 11.5. The summed E-state index contributed by atoms with van der Waals surface area (Å²) in [4.78, 5) is 44.1. The Bertz CT molecular complexity index is 393. The zero-order chi connectivity index (χ0) is 15.8.